The third-order valence-corrected chi connectivity index (χ3v) is 4.42. The van der Waals surface area contributed by atoms with Gasteiger partial charge in [0.25, 0.3) is 0 Å². The van der Waals surface area contributed by atoms with Gasteiger partial charge in [0, 0.05) is 28.2 Å². The lowest BCUT2D eigenvalue weighted by atomic mass is 10.0. The summed E-state index contributed by atoms with van der Waals surface area (Å²) in [4.78, 5) is 0. The molecule has 1 rings (SSSR count). The summed E-state index contributed by atoms with van der Waals surface area (Å²) in [6.07, 6.45) is 1.12. The molecule has 0 aliphatic heterocycles. The van der Waals surface area contributed by atoms with Gasteiger partial charge in [-0.15, -0.1) is 0 Å². The summed E-state index contributed by atoms with van der Waals surface area (Å²) in [5, 5.41) is 3.46. The normalized spacial score (nSPS) is 14.1. The third-order valence-electron chi connectivity index (χ3n) is 3.14. The van der Waals surface area contributed by atoms with Crippen molar-refractivity contribution in [3.05, 3.63) is 29.3 Å². The molecular weight excluding hydrogens is 258 g/mol. The van der Waals surface area contributed by atoms with Gasteiger partial charge in [-0.1, -0.05) is 19.9 Å². The SMILES string of the molecule is CCCNC(C)c1ccc(OC)c(CS(=O)CC)c1. The Balaban J connectivity index is 2.90. The Hall–Kier alpha value is -0.870. The van der Waals surface area contributed by atoms with Crippen molar-refractivity contribution in [3.63, 3.8) is 0 Å². The van der Waals surface area contributed by atoms with E-state index < -0.39 is 10.8 Å². The van der Waals surface area contributed by atoms with E-state index in [1.165, 1.54) is 5.56 Å². The van der Waals surface area contributed by atoms with E-state index in [4.69, 9.17) is 4.74 Å². The van der Waals surface area contributed by atoms with Crippen LogP contribution in [0.4, 0.5) is 0 Å². The van der Waals surface area contributed by atoms with E-state index in [2.05, 4.69) is 31.3 Å². The quantitative estimate of drug-likeness (QED) is 0.797. The van der Waals surface area contributed by atoms with Gasteiger partial charge >= 0.3 is 0 Å². The fraction of sp³-hybridized carbons (Fsp3) is 0.600. The van der Waals surface area contributed by atoms with Crippen LogP contribution in [0.3, 0.4) is 0 Å². The molecular formula is C15H25NO2S. The van der Waals surface area contributed by atoms with Crippen molar-refractivity contribution < 1.29 is 8.95 Å². The molecule has 1 N–H and O–H groups in total. The molecule has 108 valence electrons. The van der Waals surface area contributed by atoms with Gasteiger partial charge < -0.3 is 10.1 Å². The molecule has 0 radical (unpaired) electrons. The third kappa shape index (κ3) is 4.96. The first kappa shape index (κ1) is 16.2. The first-order valence-corrected chi connectivity index (χ1v) is 8.36. The van der Waals surface area contributed by atoms with Crippen LogP contribution < -0.4 is 10.1 Å². The van der Waals surface area contributed by atoms with Gasteiger partial charge in [-0.05, 0) is 37.6 Å². The van der Waals surface area contributed by atoms with E-state index in [0.29, 0.717) is 17.5 Å². The van der Waals surface area contributed by atoms with Crippen LogP contribution in [-0.2, 0) is 16.6 Å². The zero-order valence-electron chi connectivity index (χ0n) is 12.4. The molecule has 0 aromatic heterocycles. The van der Waals surface area contributed by atoms with Crippen LogP contribution in [0, 0.1) is 0 Å². The number of methoxy groups -OCH3 is 1. The van der Waals surface area contributed by atoms with Crippen molar-refractivity contribution >= 4 is 10.8 Å². The Bertz CT molecular complexity index is 421. The zero-order chi connectivity index (χ0) is 14.3. The van der Waals surface area contributed by atoms with Crippen LogP contribution in [0.5, 0.6) is 5.75 Å². The van der Waals surface area contributed by atoms with Crippen molar-refractivity contribution in [2.24, 2.45) is 0 Å². The van der Waals surface area contributed by atoms with Crippen LogP contribution in [0.2, 0.25) is 0 Å². The fourth-order valence-corrected chi connectivity index (χ4v) is 2.71. The van der Waals surface area contributed by atoms with Crippen molar-refractivity contribution in [2.75, 3.05) is 19.4 Å². The molecule has 2 atom stereocenters. The lowest BCUT2D eigenvalue weighted by Gasteiger charge is -2.16. The molecule has 1 aromatic rings. The lowest BCUT2D eigenvalue weighted by molar-refractivity contribution is 0.410. The number of ether oxygens (including phenoxy) is 1. The number of hydrogen-bond acceptors (Lipinski definition) is 3. The molecule has 19 heavy (non-hydrogen) atoms. The molecule has 0 spiro atoms. The Morgan fingerprint density at radius 3 is 2.68 bits per heavy atom. The molecule has 2 unspecified atom stereocenters. The van der Waals surface area contributed by atoms with Gasteiger partial charge in [0.1, 0.15) is 5.75 Å². The predicted molar refractivity (Wildman–Crippen MR) is 82.1 cm³/mol. The summed E-state index contributed by atoms with van der Waals surface area (Å²) in [5.41, 5.74) is 2.25. The minimum atomic E-state index is -0.817. The molecule has 0 amide bonds. The minimum Gasteiger partial charge on any atom is -0.496 e. The maximum absolute atomic E-state index is 11.7. The summed E-state index contributed by atoms with van der Waals surface area (Å²) >= 11 is 0. The van der Waals surface area contributed by atoms with Crippen molar-refractivity contribution in [3.8, 4) is 5.75 Å². The monoisotopic (exact) mass is 283 g/mol. The van der Waals surface area contributed by atoms with Crippen LogP contribution in [-0.4, -0.2) is 23.6 Å². The van der Waals surface area contributed by atoms with Gasteiger partial charge in [-0.25, -0.2) is 0 Å². The molecule has 0 aliphatic rings. The van der Waals surface area contributed by atoms with E-state index in [0.717, 1.165) is 24.3 Å². The number of nitrogens with one attached hydrogen (secondary N) is 1. The highest BCUT2D eigenvalue weighted by Crippen LogP contribution is 2.24. The fourth-order valence-electron chi connectivity index (χ4n) is 1.93. The smallest absolute Gasteiger partial charge is 0.123 e. The van der Waals surface area contributed by atoms with E-state index in [1.807, 2.05) is 13.0 Å². The van der Waals surface area contributed by atoms with Gasteiger partial charge in [-0.2, -0.15) is 0 Å². The molecule has 0 saturated carbocycles. The standard InChI is InChI=1S/C15H25NO2S/c1-5-9-16-12(3)13-7-8-15(18-4)14(10-13)11-19(17)6-2/h7-8,10,12,16H,5-6,9,11H2,1-4H3. The molecule has 0 aliphatic carbocycles. The predicted octanol–water partition coefficient (Wildman–Crippen LogP) is 3.02. The number of hydrogen-bond donors (Lipinski definition) is 1. The second-order valence-corrected chi connectivity index (χ2v) is 6.37. The van der Waals surface area contributed by atoms with Gasteiger partial charge in [0.2, 0.25) is 0 Å². The average molecular weight is 283 g/mol. The van der Waals surface area contributed by atoms with Crippen LogP contribution in [0.25, 0.3) is 0 Å². The molecule has 0 saturated heterocycles. The van der Waals surface area contributed by atoms with Crippen LogP contribution >= 0.6 is 0 Å². The first-order valence-electron chi connectivity index (χ1n) is 6.87. The first-order chi connectivity index (χ1) is 9.12. The highest BCUT2D eigenvalue weighted by molar-refractivity contribution is 7.84. The lowest BCUT2D eigenvalue weighted by Crippen LogP contribution is -2.19. The Labute approximate surface area is 119 Å². The second kappa shape index (κ2) is 8.33. The molecule has 0 heterocycles. The van der Waals surface area contributed by atoms with Crippen LogP contribution in [0.15, 0.2) is 18.2 Å². The highest BCUT2D eigenvalue weighted by Gasteiger charge is 2.11. The van der Waals surface area contributed by atoms with Crippen molar-refractivity contribution in [1.29, 1.82) is 0 Å². The van der Waals surface area contributed by atoms with Gasteiger partial charge in [-0.3, -0.25) is 4.21 Å². The summed E-state index contributed by atoms with van der Waals surface area (Å²) in [6, 6.07) is 6.46. The van der Waals surface area contributed by atoms with Crippen molar-refractivity contribution in [1.82, 2.24) is 5.32 Å². The summed E-state index contributed by atoms with van der Waals surface area (Å²) in [6.45, 7) is 7.25. The van der Waals surface area contributed by atoms with E-state index >= 15 is 0 Å². The van der Waals surface area contributed by atoms with Crippen molar-refractivity contribution in [2.45, 2.75) is 39.0 Å². The number of benzene rings is 1. The summed E-state index contributed by atoms with van der Waals surface area (Å²) < 4.78 is 17.1. The van der Waals surface area contributed by atoms with Gasteiger partial charge in [0.15, 0.2) is 0 Å². The summed E-state index contributed by atoms with van der Waals surface area (Å²) in [5.74, 6) is 2.07. The zero-order valence-corrected chi connectivity index (χ0v) is 13.2. The highest BCUT2D eigenvalue weighted by atomic mass is 32.2. The van der Waals surface area contributed by atoms with E-state index in [1.54, 1.807) is 7.11 Å². The largest absolute Gasteiger partial charge is 0.496 e. The Morgan fingerprint density at radius 1 is 1.37 bits per heavy atom. The maximum atomic E-state index is 11.7. The van der Waals surface area contributed by atoms with Crippen LogP contribution in [0.1, 0.15) is 44.4 Å². The molecule has 3 nitrogen and oxygen atoms in total. The molecule has 4 heteroatoms. The minimum absolute atomic E-state index is 0.305. The topological polar surface area (TPSA) is 38.3 Å². The second-order valence-electron chi connectivity index (χ2n) is 4.62. The van der Waals surface area contributed by atoms with E-state index in [9.17, 15) is 4.21 Å². The van der Waals surface area contributed by atoms with Gasteiger partial charge in [0.05, 0.1) is 12.9 Å². The molecule has 0 bridgehead atoms. The summed E-state index contributed by atoms with van der Waals surface area (Å²) in [7, 11) is 0.842. The maximum Gasteiger partial charge on any atom is 0.123 e. The Morgan fingerprint density at radius 2 is 2.11 bits per heavy atom. The average Bonchev–Trinajstić information content (AvgIpc) is 2.44. The van der Waals surface area contributed by atoms with E-state index in [-0.39, 0.29) is 0 Å². The molecule has 0 fully saturated rings. The Kier molecular flexibility index (Phi) is 7.10. The molecule has 1 aromatic carbocycles. The number of rotatable bonds is 8.